The number of amides is 1. The van der Waals surface area contributed by atoms with Gasteiger partial charge in [0.25, 0.3) is 5.91 Å². The van der Waals surface area contributed by atoms with E-state index in [0.717, 1.165) is 30.8 Å². The second-order valence-corrected chi connectivity index (χ2v) is 7.08. The molecule has 0 atom stereocenters. The van der Waals surface area contributed by atoms with Crippen LogP contribution in [0.15, 0.2) is 17.0 Å². The molecule has 7 nitrogen and oxygen atoms in total. The van der Waals surface area contributed by atoms with E-state index < -0.39 is 60.4 Å². The van der Waals surface area contributed by atoms with Gasteiger partial charge in [-0.3, -0.25) is 4.79 Å². The topological polar surface area (TPSA) is 104 Å². The molecule has 2 rings (SSSR count). The highest BCUT2D eigenvalue weighted by molar-refractivity contribution is 7.89. The number of aromatic nitrogens is 1. The van der Waals surface area contributed by atoms with Gasteiger partial charge in [0.2, 0.25) is 10.0 Å². The quantitative estimate of drug-likeness (QED) is 0.811. The maximum Gasteiger partial charge on any atom is 0.275 e. The summed E-state index contributed by atoms with van der Waals surface area (Å²) in [6.45, 7) is 0. The third kappa shape index (κ3) is 3.14. The highest BCUT2D eigenvalue weighted by atomic mass is 35.5. The Morgan fingerprint density at radius 1 is 1.27 bits per heavy atom. The standard InChI is InChI=1S/C14H10ClF3N4O3S/c1-20-26(24,25)12-10(18)11(22(2)13(12)15)14(23)21-8-4-3-7(16)6(5-19)9(8)17/h3-4,20H,1-2H3,(H,21,23). The maximum atomic E-state index is 14.5. The number of nitrogens with zero attached hydrogens (tertiary/aromatic N) is 2. The molecule has 0 unspecified atom stereocenters. The first-order valence-electron chi connectivity index (χ1n) is 6.73. The second-order valence-electron chi connectivity index (χ2n) is 4.90. The molecule has 1 amide bonds. The van der Waals surface area contributed by atoms with Crippen molar-refractivity contribution in [3.8, 4) is 6.07 Å². The van der Waals surface area contributed by atoms with Crippen LogP contribution < -0.4 is 10.0 Å². The van der Waals surface area contributed by atoms with Crippen LogP contribution in [0.2, 0.25) is 5.15 Å². The molecule has 1 heterocycles. The number of sulfonamides is 1. The van der Waals surface area contributed by atoms with E-state index in [1.54, 1.807) is 0 Å². The van der Waals surface area contributed by atoms with Gasteiger partial charge in [-0.05, 0) is 19.2 Å². The molecule has 2 aromatic rings. The highest BCUT2D eigenvalue weighted by Crippen LogP contribution is 2.30. The SMILES string of the molecule is CNS(=O)(=O)c1c(F)c(C(=O)Nc2ccc(F)c(C#N)c2F)n(C)c1Cl. The fraction of sp³-hybridized carbons (Fsp3) is 0.143. The first-order chi connectivity index (χ1) is 12.1. The lowest BCUT2D eigenvalue weighted by Crippen LogP contribution is -2.20. The normalized spacial score (nSPS) is 11.3. The van der Waals surface area contributed by atoms with Crippen molar-refractivity contribution in [2.24, 2.45) is 7.05 Å². The van der Waals surface area contributed by atoms with Crippen LogP contribution >= 0.6 is 11.6 Å². The summed E-state index contributed by atoms with van der Waals surface area (Å²) in [5.74, 6) is -5.20. The Hall–Kier alpha value is -2.55. The Balaban J connectivity index is 2.54. The van der Waals surface area contributed by atoms with Crippen molar-refractivity contribution in [1.29, 1.82) is 5.26 Å². The number of hydrogen-bond acceptors (Lipinski definition) is 4. The van der Waals surface area contributed by atoms with Gasteiger partial charge in [0.1, 0.15) is 28.3 Å². The van der Waals surface area contributed by atoms with Gasteiger partial charge in [-0.15, -0.1) is 0 Å². The van der Waals surface area contributed by atoms with Gasteiger partial charge in [0.15, 0.2) is 16.5 Å². The summed E-state index contributed by atoms with van der Waals surface area (Å²) in [5, 5.41) is 10.1. The van der Waals surface area contributed by atoms with Crippen LogP contribution in [-0.4, -0.2) is 25.9 Å². The molecule has 0 aliphatic heterocycles. The molecule has 0 fully saturated rings. The van der Waals surface area contributed by atoms with E-state index >= 15 is 0 Å². The summed E-state index contributed by atoms with van der Waals surface area (Å²) in [7, 11) is -2.17. The molecule has 1 aromatic carbocycles. The molecule has 0 saturated heterocycles. The number of nitriles is 1. The van der Waals surface area contributed by atoms with Crippen LogP contribution in [0.5, 0.6) is 0 Å². The predicted octanol–water partition coefficient (Wildman–Crippen LogP) is 2.13. The lowest BCUT2D eigenvalue weighted by atomic mass is 10.2. The lowest BCUT2D eigenvalue weighted by Gasteiger charge is -2.08. The Morgan fingerprint density at radius 3 is 2.42 bits per heavy atom. The molecule has 0 bridgehead atoms. The monoisotopic (exact) mass is 406 g/mol. The van der Waals surface area contributed by atoms with Crippen LogP contribution in [-0.2, 0) is 17.1 Å². The molecular weight excluding hydrogens is 397 g/mol. The number of hydrogen-bond donors (Lipinski definition) is 2. The van der Waals surface area contributed by atoms with E-state index in [2.05, 4.69) is 0 Å². The number of rotatable bonds is 4. The molecule has 2 N–H and O–H groups in total. The number of halogens is 4. The van der Waals surface area contributed by atoms with Crippen LogP contribution in [0.25, 0.3) is 0 Å². The summed E-state index contributed by atoms with van der Waals surface area (Å²) >= 11 is 5.79. The first-order valence-corrected chi connectivity index (χ1v) is 8.59. The molecule has 138 valence electrons. The van der Waals surface area contributed by atoms with E-state index in [0.29, 0.717) is 0 Å². The summed E-state index contributed by atoms with van der Waals surface area (Å²) in [6, 6.07) is 2.86. The molecule has 26 heavy (non-hydrogen) atoms. The third-order valence-corrected chi connectivity index (χ3v) is 5.43. The number of carbonyl (C=O) groups is 1. The maximum absolute atomic E-state index is 14.5. The van der Waals surface area contributed by atoms with Gasteiger partial charge in [0, 0.05) is 7.05 Å². The van der Waals surface area contributed by atoms with Crippen LogP contribution in [0.1, 0.15) is 16.1 Å². The molecule has 0 radical (unpaired) electrons. The minimum absolute atomic E-state index is 0.584. The van der Waals surface area contributed by atoms with Gasteiger partial charge in [-0.25, -0.2) is 26.3 Å². The second kappa shape index (κ2) is 6.99. The highest BCUT2D eigenvalue weighted by Gasteiger charge is 2.32. The molecule has 0 aliphatic carbocycles. The van der Waals surface area contributed by atoms with Gasteiger partial charge < -0.3 is 9.88 Å². The van der Waals surface area contributed by atoms with Crippen LogP contribution in [0, 0.1) is 28.8 Å². The average molecular weight is 407 g/mol. The molecule has 12 heteroatoms. The average Bonchev–Trinajstić information content (AvgIpc) is 2.80. The van der Waals surface area contributed by atoms with Crippen molar-refractivity contribution < 1.29 is 26.4 Å². The van der Waals surface area contributed by atoms with E-state index in [-0.39, 0.29) is 0 Å². The molecule has 0 aliphatic rings. The first kappa shape index (κ1) is 19.8. The zero-order valence-corrected chi connectivity index (χ0v) is 14.8. The molecule has 0 spiro atoms. The van der Waals surface area contributed by atoms with E-state index in [1.165, 1.54) is 6.07 Å². The fourth-order valence-electron chi connectivity index (χ4n) is 2.11. The third-order valence-electron chi connectivity index (χ3n) is 3.43. The summed E-state index contributed by atoms with van der Waals surface area (Å²) in [6.07, 6.45) is 0. The van der Waals surface area contributed by atoms with E-state index in [9.17, 15) is 26.4 Å². The van der Waals surface area contributed by atoms with Crippen molar-refractivity contribution in [3.63, 3.8) is 0 Å². The van der Waals surface area contributed by atoms with Gasteiger partial charge in [-0.1, -0.05) is 11.6 Å². The smallest absolute Gasteiger partial charge is 0.275 e. The Kier molecular flexibility index (Phi) is 5.31. The van der Waals surface area contributed by atoms with Crippen LogP contribution in [0.4, 0.5) is 18.9 Å². The minimum Gasteiger partial charge on any atom is -0.327 e. The van der Waals surface area contributed by atoms with Gasteiger partial charge >= 0.3 is 0 Å². The Labute approximate surface area is 151 Å². The molecular formula is C14H10ClF3N4O3S. The van der Waals surface area contributed by atoms with Crippen molar-refractivity contribution in [2.45, 2.75) is 4.90 Å². The van der Waals surface area contributed by atoms with Crippen molar-refractivity contribution in [1.82, 2.24) is 9.29 Å². The largest absolute Gasteiger partial charge is 0.327 e. The van der Waals surface area contributed by atoms with E-state index in [4.69, 9.17) is 16.9 Å². The number of anilines is 1. The lowest BCUT2D eigenvalue weighted by molar-refractivity contribution is 0.101. The van der Waals surface area contributed by atoms with Crippen molar-refractivity contribution in [2.75, 3.05) is 12.4 Å². The number of benzene rings is 1. The van der Waals surface area contributed by atoms with Crippen molar-refractivity contribution >= 4 is 33.2 Å². The van der Waals surface area contributed by atoms with E-state index in [1.807, 2.05) is 10.0 Å². The molecule has 0 saturated carbocycles. The number of carbonyl (C=O) groups excluding carboxylic acids is 1. The Morgan fingerprint density at radius 2 is 1.88 bits per heavy atom. The summed E-state index contributed by atoms with van der Waals surface area (Å²) < 4.78 is 68.2. The Bertz CT molecular complexity index is 1060. The summed E-state index contributed by atoms with van der Waals surface area (Å²) in [4.78, 5) is 11.3. The zero-order valence-electron chi connectivity index (χ0n) is 13.2. The molecule has 1 aromatic heterocycles. The summed E-state index contributed by atoms with van der Waals surface area (Å²) in [5.41, 5.74) is -2.33. The predicted molar refractivity (Wildman–Crippen MR) is 85.7 cm³/mol. The minimum atomic E-state index is -4.32. The van der Waals surface area contributed by atoms with Crippen molar-refractivity contribution in [3.05, 3.63) is 46.0 Å². The number of nitrogens with one attached hydrogen (secondary N) is 2. The zero-order chi connectivity index (χ0) is 19.8. The van der Waals surface area contributed by atoms with Gasteiger partial charge in [0.05, 0.1) is 5.69 Å². The fourth-order valence-corrected chi connectivity index (χ4v) is 3.48. The van der Waals surface area contributed by atoms with Gasteiger partial charge in [-0.2, -0.15) is 5.26 Å². The van der Waals surface area contributed by atoms with Crippen LogP contribution in [0.3, 0.4) is 0 Å².